The number of ether oxygens (including phenoxy) is 1. The van der Waals surface area contributed by atoms with Crippen molar-refractivity contribution in [1.29, 1.82) is 0 Å². The molecule has 124 valence electrons. The molecule has 2 rings (SSSR count). The number of halogens is 1. The van der Waals surface area contributed by atoms with E-state index in [4.69, 9.17) is 16.3 Å². The molecule has 0 radical (unpaired) electrons. The number of urea groups is 1. The SMILES string of the molecule is CCOC(=O)C1CCCN(C(=O)N/C=C/c2ccccc2Cl)C1. The van der Waals surface area contributed by atoms with E-state index in [1.165, 1.54) is 0 Å². The smallest absolute Gasteiger partial charge is 0.321 e. The van der Waals surface area contributed by atoms with Crippen molar-refractivity contribution in [3.8, 4) is 0 Å². The van der Waals surface area contributed by atoms with Crippen LogP contribution in [0.4, 0.5) is 4.79 Å². The van der Waals surface area contributed by atoms with E-state index in [1.54, 1.807) is 30.2 Å². The minimum atomic E-state index is -0.234. The molecule has 0 aromatic heterocycles. The lowest BCUT2D eigenvalue weighted by Crippen LogP contribution is -2.46. The molecule has 1 heterocycles. The fourth-order valence-corrected chi connectivity index (χ4v) is 2.72. The number of likely N-dealkylation sites (tertiary alicyclic amines) is 1. The number of benzene rings is 1. The Hall–Kier alpha value is -2.01. The quantitative estimate of drug-likeness (QED) is 0.858. The van der Waals surface area contributed by atoms with E-state index in [-0.39, 0.29) is 17.9 Å². The summed E-state index contributed by atoms with van der Waals surface area (Å²) in [5.74, 6) is -0.460. The number of rotatable bonds is 4. The number of nitrogens with zero attached hydrogens (tertiary/aromatic N) is 1. The third-order valence-electron chi connectivity index (χ3n) is 3.70. The van der Waals surface area contributed by atoms with Gasteiger partial charge in [0.1, 0.15) is 0 Å². The maximum Gasteiger partial charge on any atom is 0.321 e. The van der Waals surface area contributed by atoms with E-state index < -0.39 is 0 Å². The number of piperidine rings is 1. The van der Waals surface area contributed by atoms with Crippen LogP contribution in [0.3, 0.4) is 0 Å². The molecule has 1 unspecified atom stereocenters. The van der Waals surface area contributed by atoms with Crippen LogP contribution in [0, 0.1) is 5.92 Å². The molecule has 1 fully saturated rings. The van der Waals surface area contributed by atoms with Gasteiger partial charge in [0.2, 0.25) is 0 Å². The van der Waals surface area contributed by atoms with Crippen molar-refractivity contribution >= 4 is 29.7 Å². The van der Waals surface area contributed by atoms with Crippen LogP contribution < -0.4 is 5.32 Å². The number of carbonyl (C=O) groups excluding carboxylic acids is 2. The topological polar surface area (TPSA) is 58.6 Å². The average molecular weight is 337 g/mol. The van der Waals surface area contributed by atoms with E-state index in [9.17, 15) is 9.59 Å². The Morgan fingerprint density at radius 2 is 2.22 bits per heavy atom. The summed E-state index contributed by atoms with van der Waals surface area (Å²) >= 11 is 6.05. The Balaban J connectivity index is 1.88. The third kappa shape index (κ3) is 4.99. The van der Waals surface area contributed by atoms with Crippen LogP contribution in [0.15, 0.2) is 30.5 Å². The molecule has 23 heavy (non-hydrogen) atoms. The number of hydrogen-bond acceptors (Lipinski definition) is 3. The van der Waals surface area contributed by atoms with Gasteiger partial charge in [0, 0.05) is 24.3 Å². The van der Waals surface area contributed by atoms with Gasteiger partial charge in [-0.05, 0) is 37.5 Å². The van der Waals surface area contributed by atoms with Crippen LogP contribution in [0.1, 0.15) is 25.3 Å². The van der Waals surface area contributed by atoms with Crippen LogP contribution in [0.2, 0.25) is 5.02 Å². The molecule has 1 aromatic rings. The zero-order valence-electron chi connectivity index (χ0n) is 13.1. The summed E-state index contributed by atoms with van der Waals surface area (Å²) in [6.07, 6.45) is 4.87. The molecule has 1 aromatic carbocycles. The largest absolute Gasteiger partial charge is 0.466 e. The highest BCUT2D eigenvalue weighted by atomic mass is 35.5. The molecule has 2 amide bonds. The van der Waals surface area contributed by atoms with E-state index in [2.05, 4.69) is 5.32 Å². The first-order valence-corrected chi connectivity index (χ1v) is 8.12. The molecule has 0 saturated carbocycles. The summed E-state index contributed by atoms with van der Waals surface area (Å²) < 4.78 is 5.04. The van der Waals surface area contributed by atoms with Gasteiger partial charge < -0.3 is 15.0 Å². The molecule has 1 aliphatic rings. The molecular formula is C17H21ClN2O3. The fourth-order valence-electron chi connectivity index (χ4n) is 2.52. The minimum absolute atomic E-state index is 0.220. The molecule has 1 N–H and O–H groups in total. The normalized spacial score (nSPS) is 18.0. The average Bonchev–Trinajstić information content (AvgIpc) is 2.57. The second kappa shape index (κ2) is 8.58. The van der Waals surface area contributed by atoms with Crippen LogP contribution in [0.5, 0.6) is 0 Å². The fraction of sp³-hybridized carbons (Fsp3) is 0.412. The lowest BCUT2D eigenvalue weighted by Gasteiger charge is -2.31. The zero-order chi connectivity index (χ0) is 16.7. The number of nitrogens with one attached hydrogen (secondary N) is 1. The monoisotopic (exact) mass is 336 g/mol. The van der Waals surface area contributed by atoms with Crippen molar-refractivity contribution in [3.63, 3.8) is 0 Å². The van der Waals surface area contributed by atoms with Crippen molar-refractivity contribution in [1.82, 2.24) is 10.2 Å². The van der Waals surface area contributed by atoms with Gasteiger partial charge in [0.25, 0.3) is 0 Å². The summed E-state index contributed by atoms with van der Waals surface area (Å²) in [6.45, 7) is 3.18. The van der Waals surface area contributed by atoms with E-state index in [0.29, 0.717) is 24.7 Å². The van der Waals surface area contributed by atoms with E-state index in [1.807, 2.05) is 18.2 Å². The first kappa shape index (κ1) is 17.3. The van der Waals surface area contributed by atoms with Crippen LogP contribution >= 0.6 is 11.6 Å². The summed E-state index contributed by atoms with van der Waals surface area (Å²) in [5, 5.41) is 3.34. The first-order valence-electron chi connectivity index (χ1n) is 7.75. The summed E-state index contributed by atoms with van der Waals surface area (Å²) in [7, 11) is 0. The second-order valence-electron chi connectivity index (χ2n) is 5.34. The highest BCUT2D eigenvalue weighted by Gasteiger charge is 2.28. The Morgan fingerprint density at radius 1 is 1.43 bits per heavy atom. The van der Waals surface area contributed by atoms with Gasteiger partial charge >= 0.3 is 12.0 Å². The molecule has 1 atom stereocenters. The minimum Gasteiger partial charge on any atom is -0.466 e. The van der Waals surface area contributed by atoms with Crippen molar-refractivity contribution in [2.75, 3.05) is 19.7 Å². The van der Waals surface area contributed by atoms with E-state index in [0.717, 1.165) is 18.4 Å². The maximum atomic E-state index is 12.2. The summed E-state index contributed by atoms with van der Waals surface area (Å²) in [4.78, 5) is 25.6. The molecule has 0 bridgehead atoms. The number of carbonyl (C=O) groups is 2. The summed E-state index contributed by atoms with van der Waals surface area (Å²) in [5.41, 5.74) is 0.831. The summed E-state index contributed by atoms with van der Waals surface area (Å²) in [6, 6.07) is 7.16. The Bertz CT molecular complexity index is 589. The number of hydrogen-bond donors (Lipinski definition) is 1. The van der Waals surface area contributed by atoms with E-state index >= 15 is 0 Å². The molecule has 6 heteroatoms. The van der Waals surface area contributed by atoms with Crippen LogP contribution in [-0.2, 0) is 9.53 Å². The van der Waals surface area contributed by atoms with Gasteiger partial charge in [0.05, 0.1) is 12.5 Å². The maximum absolute atomic E-state index is 12.2. The lowest BCUT2D eigenvalue weighted by molar-refractivity contribution is -0.149. The predicted molar refractivity (Wildman–Crippen MR) is 89.9 cm³/mol. The molecule has 1 aliphatic heterocycles. The highest BCUT2D eigenvalue weighted by Crippen LogP contribution is 2.18. The lowest BCUT2D eigenvalue weighted by atomic mass is 9.98. The molecule has 0 spiro atoms. The van der Waals surface area contributed by atoms with Gasteiger partial charge in [0.15, 0.2) is 0 Å². The van der Waals surface area contributed by atoms with Gasteiger partial charge in [-0.2, -0.15) is 0 Å². The van der Waals surface area contributed by atoms with Gasteiger partial charge in [-0.25, -0.2) is 4.79 Å². The van der Waals surface area contributed by atoms with Crippen molar-refractivity contribution in [3.05, 3.63) is 41.1 Å². The second-order valence-corrected chi connectivity index (χ2v) is 5.75. The number of amides is 2. The van der Waals surface area contributed by atoms with Crippen LogP contribution in [-0.4, -0.2) is 36.6 Å². The highest BCUT2D eigenvalue weighted by molar-refractivity contribution is 6.32. The van der Waals surface area contributed by atoms with Crippen LogP contribution in [0.25, 0.3) is 6.08 Å². The standard InChI is InChI=1S/C17H21ClN2O3/c1-2-23-16(21)14-7-5-11-20(12-14)17(22)19-10-9-13-6-3-4-8-15(13)18/h3-4,6,8-10,14H,2,5,7,11-12H2,1H3,(H,19,22)/b10-9+. The molecular weight excluding hydrogens is 316 g/mol. The van der Waals surface area contributed by atoms with Crippen molar-refractivity contribution in [2.24, 2.45) is 5.92 Å². The zero-order valence-corrected chi connectivity index (χ0v) is 13.9. The first-order chi connectivity index (χ1) is 11.1. The molecule has 1 saturated heterocycles. The predicted octanol–water partition coefficient (Wildman–Crippen LogP) is 3.30. The molecule has 5 nitrogen and oxygen atoms in total. The molecule has 0 aliphatic carbocycles. The van der Waals surface area contributed by atoms with Crippen molar-refractivity contribution in [2.45, 2.75) is 19.8 Å². The Morgan fingerprint density at radius 3 is 2.96 bits per heavy atom. The third-order valence-corrected chi connectivity index (χ3v) is 4.05. The Kier molecular flexibility index (Phi) is 6.47. The van der Waals surface area contributed by atoms with Crippen molar-refractivity contribution < 1.29 is 14.3 Å². The van der Waals surface area contributed by atoms with Gasteiger partial charge in [-0.1, -0.05) is 29.8 Å². The number of esters is 1. The Labute approximate surface area is 141 Å². The van der Waals surface area contributed by atoms with Gasteiger partial charge in [-0.3, -0.25) is 4.79 Å². The van der Waals surface area contributed by atoms with Gasteiger partial charge in [-0.15, -0.1) is 0 Å².